The van der Waals surface area contributed by atoms with Crippen LogP contribution in [0.5, 0.6) is 0 Å². The number of non-ortho nitro benzene ring substituents is 1. The van der Waals surface area contributed by atoms with Gasteiger partial charge in [0.2, 0.25) is 15.9 Å². The molecule has 0 spiro atoms. The van der Waals surface area contributed by atoms with Crippen LogP contribution in [-0.4, -0.2) is 38.6 Å². The highest BCUT2D eigenvalue weighted by molar-refractivity contribution is 7.92. The summed E-state index contributed by atoms with van der Waals surface area (Å²) in [6.07, 6.45) is 5.94. The predicted octanol–water partition coefficient (Wildman–Crippen LogP) is 3.47. The van der Waals surface area contributed by atoms with Gasteiger partial charge in [-0.2, -0.15) is 0 Å². The third-order valence-electron chi connectivity index (χ3n) is 4.63. The number of nitro groups is 1. The molecule has 0 aliphatic heterocycles. The van der Waals surface area contributed by atoms with E-state index in [1.807, 2.05) is 0 Å². The maximum absolute atomic E-state index is 12.1. The van der Waals surface area contributed by atoms with E-state index < -0.39 is 14.9 Å². The van der Waals surface area contributed by atoms with Crippen molar-refractivity contribution in [3.63, 3.8) is 0 Å². The highest BCUT2D eigenvalue weighted by Gasteiger charge is 2.20. The zero-order valence-electron chi connectivity index (χ0n) is 16.9. The average Bonchev–Trinajstić information content (AvgIpc) is 2.64. The Balaban J connectivity index is 2.62. The standard InChI is InChI=1S/C19H31N3O5S/c1-4-6-9-16(5-2)15-20-19(23)12-8-13-21(28(3,26)27)17-10-7-11-18(14-17)22(24)25/h7,10-11,14,16H,4-6,8-9,12-13,15H2,1-3H3,(H,20,23). The van der Waals surface area contributed by atoms with Crippen LogP contribution in [0.1, 0.15) is 52.4 Å². The first-order valence-electron chi connectivity index (χ1n) is 9.67. The highest BCUT2D eigenvalue weighted by atomic mass is 32.2. The van der Waals surface area contributed by atoms with Crippen molar-refractivity contribution in [2.75, 3.05) is 23.7 Å². The lowest BCUT2D eigenvalue weighted by molar-refractivity contribution is -0.384. The summed E-state index contributed by atoms with van der Waals surface area (Å²) in [5, 5.41) is 13.9. The van der Waals surface area contributed by atoms with Gasteiger partial charge in [-0.1, -0.05) is 39.2 Å². The quantitative estimate of drug-likeness (QED) is 0.393. The Bertz CT molecular complexity index is 752. The van der Waals surface area contributed by atoms with Gasteiger partial charge in [0, 0.05) is 31.6 Å². The van der Waals surface area contributed by atoms with E-state index in [-0.39, 0.29) is 30.2 Å². The molecular formula is C19H31N3O5S. The van der Waals surface area contributed by atoms with Crippen LogP contribution in [0.4, 0.5) is 11.4 Å². The van der Waals surface area contributed by atoms with E-state index >= 15 is 0 Å². The van der Waals surface area contributed by atoms with Gasteiger partial charge in [-0.25, -0.2) is 8.42 Å². The first-order chi connectivity index (χ1) is 13.2. The zero-order chi connectivity index (χ0) is 21.2. The van der Waals surface area contributed by atoms with Gasteiger partial charge in [0.1, 0.15) is 0 Å². The average molecular weight is 414 g/mol. The maximum atomic E-state index is 12.1. The van der Waals surface area contributed by atoms with E-state index in [1.54, 1.807) is 0 Å². The van der Waals surface area contributed by atoms with Crippen LogP contribution in [0.25, 0.3) is 0 Å². The normalized spacial score (nSPS) is 12.4. The summed E-state index contributed by atoms with van der Waals surface area (Å²) in [7, 11) is -3.62. The zero-order valence-corrected chi connectivity index (χ0v) is 17.7. The number of nitro benzene ring substituents is 1. The molecule has 0 radical (unpaired) electrons. The van der Waals surface area contributed by atoms with Crippen LogP contribution in [-0.2, 0) is 14.8 Å². The Morgan fingerprint density at radius 2 is 2.00 bits per heavy atom. The number of carbonyl (C=O) groups excluding carboxylic acids is 1. The Kier molecular flexibility index (Phi) is 9.92. The molecule has 0 fully saturated rings. The number of nitrogens with one attached hydrogen (secondary N) is 1. The third-order valence-corrected chi connectivity index (χ3v) is 5.82. The minimum atomic E-state index is -3.62. The van der Waals surface area contributed by atoms with E-state index in [0.717, 1.165) is 36.2 Å². The van der Waals surface area contributed by atoms with Gasteiger partial charge in [0.15, 0.2) is 0 Å². The lowest BCUT2D eigenvalue weighted by Gasteiger charge is -2.22. The Labute approximate surface area is 167 Å². The maximum Gasteiger partial charge on any atom is 0.271 e. The molecule has 1 aromatic carbocycles. The molecule has 28 heavy (non-hydrogen) atoms. The predicted molar refractivity (Wildman–Crippen MR) is 111 cm³/mol. The largest absolute Gasteiger partial charge is 0.356 e. The number of hydrogen-bond acceptors (Lipinski definition) is 5. The smallest absolute Gasteiger partial charge is 0.271 e. The van der Waals surface area contributed by atoms with Crippen molar-refractivity contribution in [3.05, 3.63) is 34.4 Å². The van der Waals surface area contributed by atoms with Crippen LogP contribution < -0.4 is 9.62 Å². The number of amides is 1. The monoisotopic (exact) mass is 413 g/mol. The first kappa shape index (κ1) is 23.9. The molecule has 1 unspecified atom stereocenters. The Hall–Kier alpha value is -2.16. The van der Waals surface area contributed by atoms with Gasteiger partial charge < -0.3 is 5.32 Å². The number of sulfonamides is 1. The van der Waals surface area contributed by atoms with Crippen molar-refractivity contribution < 1.29 is 18.1 Å². The van der Waals surface area contributed by atoms with Crippen LogP contribution in [0.15, 0.2) is 24.3 Å². The molecule has 0 aromatic heterocycles. The second-order valence-corrected chi connectivity index (χ2v) is 8.84. The van der Waals surface area contributed by atoms with Crippen molar-refractivity contribution in [3.8, 4) is 0 Å². The van der Waals surface area contributed by atoms with Gasteiger partial charge in [-0.15, -0.1) is 0 Å². The minimum absolute atomic E-state index is 0.0838. The van der Waals surface area contributed by atoms with Gasteiger partial charge in [-0.3, -0.25) is 19.2 Å². The summed E-state index contributed by atoms with van der Waals surface area (Å²) in [6.45, 7) is 4.96. The third kappa shape index (κ3) is 8.24. The molecule has 1 amide bonds. The van der Waals surface area contributed by atoms with Crippen LogP contribution >= 0.6 is 0 Å². The summed E-state index contributed by atoms with van der Waals surface area (Å²) in [5.41, 5.74) is 0.0456. The molecule has 0 aliphatic carbocycles. The van der Waals surface area contributed by atoms with Gasteiger partial charge in [0.05, 0.1) is 16.9 Å². The topological polar surface area (TPSA) is 110 Å². The lowest BCUT2D eigenvalue weighted by atomic mass is 9.99. The van der Waals surface area contributed by atoms with E-state index in [4.69, 9.17) is 0 Å². The van der Waals surface area contributed by atoms with Crippen LogP contribution in [0.3, 0.4) is 0 Å². The van der Waals surface area contributed by atoms with Gasteiger partial charge in [0.25, 0.3) is 5.69 Å². The SMILES string of the molecule is CCCCC(CC)CNC(=O)CCCN(c1cccc([N+](=O)[O-])c1)S(C)(=O)=O. The number of unbranched alkanes of at least 4 members (excludes halogenated alkanes) is 1. The summed E-state index contributed by atoms with van der Waals surface area (Å²) < 4.78 is 25.3. The summed E-state index contributed by atoms with van der Waals surface area (Å²) in [6, 6.07) is 5.48. The van der Waals surface area contributed by atoms with Gasteiger partial charge >= 0.3 is 0 Å². The fourth-order valence-electron chi connectivity index (χ4n) is 2.92. The molecule has 0 saturated carbocycles. The molecular weight excluding hydrogens is 382 g/mol. The first-order valence-corrected chi connectivity index (χ1v) is 11.5. The lowest BCUT2D eigenvalue weighted by Crippen LogP contribution is -2.33. The van der Waals surface area contributed by atoms with E-state index in [2.05, 4.69) is 19.2 Å². The molecule has 1 atom stereocenters. The van der Waals surface area contributed by atoms with E-state index in [0.29, 0.717) is 18.9 Å². The van der Waals surface area contributed by atoms with E-state index in [1.165, 1.54) is 24.3 Å². The fraction of sp³-hybridized carbons (Fsp3) is 0.632. The van der Waals surface area contributed by atoms with Crippen molar-refractivity contribution in [2.45, 2.75) is 52.4 Å². The molecule has 1 aromatic rings. The summed E-state index contributed by atoms with van der Waals surface area (Å²) >= 11 is 0. The van der Waals surface area contributed by atoms with Crippen LogP contribution in [0.2, 0.25) is 0 Å². The Morgan fingerprint density at radius 1 is 1.29 bits per heavy atom. The van der Waals surface area contributed by atoms with Crippen LogP contribution in [0, 0.1) is 16.0 Å². The molecule has 9 heteroatoms. The van der Waals surface area contributed by atoms with Crippen molar-refractivity contribution in [1.82, 2.24) is 5.32 Å². The van der Waals surface area contributed by atoms with Gasteiger partial charge in [-0.05, 0) is 24.8 Å². The number of benzene rings is 1. The number of carbonyl (C=O) groups is 1. The minimum Gasteiger partial charge on any atom is -0.356 e. The van der Waals surface area contributed by atoms with Crippen molar-refractivity contribution in [1.29, 1.82) is 0 Å². The Morgan fingerprint density at radius 3 is 2.57 bits per heavy atom. The molecule has 0 aliphatic rings. The molecule has 0 saturated heterocycles. The number of hydrogen-bond donors (Lipinski definition) is 1. The van der Waals surface area contributed by atoms with E-state index in [9.17, 15) is 23.3 Å². The number of anilines is 1. The number of nitrogens with zero attached hydrogens (tertiary/aromatic N) is 2. The summed E-state index contributed by atoms with van der Waals surface area (Å²) in [4.78, 5) is 22.4. The molecule has 8 nitrogen and oxygen atoms in total. The fourth-order valence-corrected chi connectivity index (χ4v) is 3.88. The second kappa shape index (κ2) is 11.6. The second-order valence-electron chi connectivity index (χ2n) is 6.94. The highest BCUT2D eigenvalue weighted by Crippen LogP contribution is 2.23. The molecule has 1 rings (SSSR count). The number of rotatable bonds is 13. The molecule has 0 heterocycles. The summed E-state index contributed by atoms with van der Waals surface area (Å²) in [5.74, 6) is 0.351. The van der Waals surface area contributed by atoms with Crippen molar-refractivity contribution >= 4 is 27.3 Å². The molecule has 0 bridgehead atoms. The molecule has 158 valence electrons. The van der Waals surface area contributed by atoms with Crippen molar-refractivity contribution in [2.24, 2.45) is 5.92 Å². The molecule has 1 N–H and O–H groups in total.